The van der Waals surface area contributed by atoms with Gasteiger partial charge in [-0.1, -0.05) is 24.0 Å². The largest absolute Gasteiger partial charge is 0.379 e. The van der Waals surface area contributed by atoms with Crippen LogP contribution in [0.15, 0.2) is 36.5 Å². The number of ether oxygens (including phenoxy) is 1. The van der Waals surface area contributed by atoms with E-state index in [1.165, 1.54) is 5.56 Å². The van der Waals surface area contributed by atoms with E-state index in [1.54, 1.807) is 20.4 Å². The summed E-state index contributed by atoms with van der Waals surface area (Å²) in [4.78, 5) is 18.9. The van der Waals surface area contributed by atoms with Crippen molar-refractivity contribution in [2.45, 2.75) is 25.5 Å². The molecule has 2 aromatic heterocycles. The molecule has 168 valence electrons. The third kappa shape index (κ3) is 4.80. The lowest BCUT2D eigenvalue weighted by molar-refractivity contribution is -0.117. The number of methoxy groups -OCH3 is 1. The lowest BCUT2D eigenvalue weighted by Crippen LogP contribution is -2.50. The average molecular weight is 443 g/mol. The molecule has 8 nitrogen and oxygen atoms in total. The average Bonchev–Trinajstić information content (AvgIpc) is 3.66. The van der Waals surface area contributed by atoms with Gasteiger partial charge in [-0.2, -0.15) is 0 Å². The van der Waals surface area contributed by atoms with Crippen molar-refractivity contribution in [1.29, 1.82) is 0 Å². The Morgan fingerprint density at radius 1 is 1.18 bits per heavy atom. The van der Waals surface area contributed by atoms with Crippen molar-refractivity contribution >= 4 is 28.4 Å². The molecule has 0 bridgehead atoms. The smallest absolute Gasteiger partial charge is 0.228 e. The molecule has 1 aliphatic heterocycles. The third-order valence-corrected chi connectivity index (χ3v) is 6.03. The minimum absolute atomic E-state index is 0.00441. The monoisotopic (exact) mass is 442 g/mol. The van der Waals surface area contributed by atoms with Crippen molar-refractivity contribution in [3.05, 3.63) is 53.2 Å². The Morgan fingerprint density at radius 3 is 2.67 bits per heavy atom. The van der Waals surface area contributed by atoms with E-state index in [-0.39, 0.29) is 11.8 Å². The summed E-state index contributed by atoms with van der Waals surface area (Å²) in [5.41, 5.74) is 3.53. The van der Waals surface area contributed by atoms with E-state index in [2.05, 4.69) is 54.7 Å². The number of rotatable bonds is 6. The second kappa shape index (κ2) is 9.14. The number of anilines is 2. The van der Waals surface area contributed by atoms with E-state index in [9.17, 15) is 4.79 Å². The minimum atomic E-state index is -0.00441. The van der Waals surface area contributed by atoms with Gasteiger partial charge in [-0.3, -0.25) is 9.69 Å². The summed E-state index contributed by atoms with van der Waals surface area (Å²) in [6.45, 7) is 2.88. The van der Waals surface area contributed by atoms with Gasteiger partial charge in [-0.15, -0.1) is 10.2 Å². The number of aromatic nitrogens is 3. The number of amides is 1. The first-order chi connectivity index (χ1) is 16.1. The molecule has 0 unspecified atom stereocenters. The lowest BCUT2D eigenvalue weighted by Gasteiger charge is -2.38. The maximum atomic E-state index is 12.1. The highest BCUT2D eigenvalue weighted by Gasteiger charge is 2.30. The molecule has 1 amide bonds. The minimum Gasteiger partial charge on any atom is -0.379 e. The summed E-state index contributed by atoms with van der Waals surface area (Å²) in [6, 6.07) is 10.1. The fraction of sp³-hybridized carbons (Fsp3) is 0.360. The first-order valence-corrected chi connectivity index (χ1v) is 11.1. The van der Waals surface area contributed by atoms with Crippen LogP contribution in [-0.2, 0) is 16.1 Å². The van der Waals surface area contributed by atoms with Crippen LogP contribution in [0.2, 0.25) is 0 Å². The van der Waals surface area contributed by atoms with Crippen LogP contribution >= 0.6 is 0 Å². The standard InChI is InChI=1S/C25H26N6O2/c1-26-24-23-21(11-22(29-30-23)28-25(32)18-9-10-18)19(12-27-24)8-7-16-3-5-17(6-4-16)13-31-14-20(15-31)33-2/h3-6,11-12,18,20H,9-10,13-15H2,1-2H3,(H,26,27)(H,28,29,32). The molecule has 3 aromatic rings. The molecule has 2 aliphatic rings. The van der Waals surface area contributed by atoms with Gasteiger partial charge >= 0.3 is 0 Å². The Morgan fingerprint density at radius 2 is 1.97 bits per heavy atom. The Hall–Kier alpha value is -3.54. The molecule has 1 aromatic carbocycles. The molecule has 1 saturated carbocycles. The Labute approximate surface area is 192 Å². The van der Waals surface area contributed by atoms with Gasteiger partial charge in [-0.25, -0.2) is 4.98 Å². The summed E-state index contributed by atoms with van der Waals surface area (Å²) in [5.74, 6) is 7.59. The number of carbonyl (C=O) groups excluding carboxylic acids is 1. The Balaban J connectivity index is 1.36. The fourth-order valence-corrected chi connectivity index (χ4v) is 3.84. The van der Waals surface area contributed by atoms with E-state index < -0.39 is 0 Å². The molecule has 0 spiro atoms. The second-order valence-electron chi connectivity index (χ2n) is 8.52. The molecule has 8 heteroatoms. The molecule has 0 atom stereocenters. The summed E-state index contributed by atoms with van der Waals surface area (Å²) in [5, 5.41) is 15.1. The Kier molecular flexibility index (Phi) is 5.90. The van der Waals surface area contributed by atoms with Crippen molar-refractivity contribution in [2.24, 2.45) is 5.92 Å². The van der Waals surface area contributed by atoms with Gasteiger partial charge in [0.05, 0.1) is 11.7 Å². The molecule has 2 N–H and O–H groups in total. The molecule has 33 heavy (non-hydrogen) atoms. The molecule has 5 rings (SSSR count). The molecular weight excluding hydrogens is 416 g/mol. The number of fused-ring (bicyclic) bond motifs is 1. The third-order valence-electron chi connectivity index (χ3n) is 6.03. The number of pyridine rings is 1. The predicted octanol–water partition coefficient (Wildman–Crippen LogP) is 2.65. The van der Waals surface area contributed by atoms with Crippen molar-refractivity contribution in [2.75, 3.05) is 37.9 Å². The first-order valence-electron chi connectivity index (χ1n) is 11.1. The van der Waals surface area contributed by atoms with E-state index in [1.807, 2.05) is 18.2 Å². The number of benzene rings is 1. The van der Waals surface area contributed by atoms with Gasteiger partial charge in [0.15, 0.2) is 11.6 Å². The highest BCUT2D eigenvalue weighted by molar-refractivity contribution is 5.97. The van der Waals surface area contributed by atoms with Crippen molar-refractivity contribution in [3.8, 4) is 11.8 Å². The zero-order valence-corrected chi connectivity index (χ0v) is 18.8. The molecular formula is C25H26N6O2. The lowest BCUT2D eigenvalue weighted by atomic mass is 10.1. The number of carbonyl (C=O) groups is 1. The van der Waals surface area contributed by atoms with Crippen molar-refractivity contribution in [3.63, 3.8) is 0 Å². The summed E-state index contributed by atoms with van der Waals surface area (Å²) < 4.78 is 5.33. The van der Waals surface area contributed by atoms with Crippen LogP contribution < -0.4 is 10.6 Å². The predicted molar refractivity (Wildman–Crippen MR) is 127 cm³/mol. The van der Waals surface area contributed by atoms with Gasteiger partial charge < -0.3 is 15.4 Å². The highest BCUT2D eigenvalue weighted by atomic mass is 16.5. The van der Waals surface area contributed by atoms with E-state index in [0.717, 1.165) is 49.0 Å². The molecule has 1 saturated heterocycles. The molecule has 2 fully saturated rings. The van der Waals surface area contributed by atoms with Gasteiger partial charge in [-0.05, 0) is 36.6 Å². The van der Waals surface area contributed by atoms with Crippen molar-refractivity contribution < 1.29 is 9.53 Å². The maximum Gasteiger partial charge on any atom is 0.228 e. The summed E-state index contributed by atoms with van der Waals surface area (Å²) in [6.07, 6.45) is 3.95. The number of nitrogens with one attached hydrogen (secondary N) is 2. The number of nitrogens with zero attached hydrogens (tertiary/aromatic N) is 4. The maximum absolute atomic E-state index is 12.1. The van der Waals surface area contributed by atoms with Crippen LogP contribution in [0.25, 0.3) is 10.9 Å². The SMILES string of the molecule is CNc1ncc(C#Cc2ccc(CN3CC(OC)C3)cc2)c2cc(NC(=O)C3CC3)nnc12. The molecule has 3 heterocycles. The van der Waals surface area contributed by atoms with E-state index in [0.29, 0.717) is 23.3 Å². The zero-order valence-electron chi connectivity index (χ0n) is 18.8. The van der Waals surface area contributed by atoms with Crippen LogP contribution in [-0.4, -0.2) is 59.3 Å². The van der Waals surface area contributed by atoms with Crippen LogP contribution in [0.1, 0.15) is 29.5 Å². The highest BCUT2D eigenvalue weighted by Crippen LogP contribution is 2.30. The van der Waals surface area contributed by atoms with Gasteiger partial charge in [0, 0.05) is 56.9 Å². The van der Waals surface area contributed by atoms with Gasteiger partial charge in [0.2, 0.25) is 5.91 Å². The topological polar surface area (TPSA) is 92.3 Å². The summed E-state index contributed by atoms with van der Waals surface area (Å²) >= 11 is 0. The molecule has 0 radical (unpaired) electrons. The van der Waals surface area contributed by atoms with Crippen LogP contribution in [0.5, 0.6) is 0 Å². The van der Waals surface area contributed by atoms with Gasteiger partial charge in [0.25, 0.3) is 0 Å². The molecule has 1 aliphatic carbocycles. The number of hydrogen-bond donors (Lipinski definition) is 2. The van der Waals surface area contributed by atoms with Crippen LogP contribution in [0.4, 0.5) is 11.6 Å². The van der Waals surface area contributed by atoms with Crippen LogP contribution in [0.3, 0.4) is 0 Å². The van der Waals surface area contributed by atoms with Crippen molar-refractivity contribution in [1.82, 2.24) is 20.1 Å². The quantitative estimate of drug-likeness (QED) is 0.567. The second-order valence-corrected chi connectivity index (χ2v) is 8.52. The zero-order chi connectivity index (χ0) is 22.8. The van der Waals surface area contributed by atoms with Gasteiger partial charge in [0.1, 0.15) is 5.52 Å². The number of likely N-dealkylation sites (tertiary alicyclic amines) is 1. The van der Waals surface area contributed by atoms with Crippen LogP contribution in [0, 0.1) is 17.8 Å². The Bertz CT molecular complexity index is 1240. The number of hydrogen-bond acceptors (Lipinski definition) is 7. The fourth-order valence-electron chi connectivity index (χ4n) is 3.84. The van der Waals surface area contributed by atoms with E-state index >= 15 is 0 Å². The summed E-state index contributed by atoms with van der Waals surface area (Å²) in [7, 11) is 3.55. The first kappa shape index (κ1) is 21.3. The normalized spacial score (nSPS) is 16.1. The van der Waals surface area contributed by atoms with E-state index in [4.69, 9.17) is 4.74 Å².